The van der Waals surface area contributed by atoms with E-state index in [4.69, 9.17) is 33.2 Å². The lowest BCUT2D eigenvalue weighted by Crippen LogP contribution is -2.01. The van der Waals surface area contributed by atoms with Crippen LogP contribution < -0.4 is 28.4 Å². The number of hydrogen-bond acceptors (Lipinski definition) is 9. The van der Waals surface area contributed by atoms with Crippen LogP contribution in [-0.4, -0.2) is 55.2 Å². The lowest BCUT2D eigenvalue weighted by atomic mass is 9.81. The molecule has 0 spiro atoms. The summed E-state index contributed by atoms with van der Waals surface area (Å²) in [6, 6.07) is 30.1. The first-order valence-corrected chi connectivity index (χ1v) is 16.8. The van der Waals surface area contributed by atoms with Crippen molar-refractivity contribution in [2.75, 3.05) is 49.3 Å². The first kappa shape index (κ1) is 34.2. The number of esters is 1. The highest BCUT2D eigenvalue weighted by Gasteiger charge is 2.29. The van der Waals surface area contributed by atoms with Gasteiger partial charge in [0.25, 0.3) is 0 Å². The minimum Gasteiger partial charge on any atom is -0.493 e. The summed E-state index contributed by atoms with van der Waals surface area (Å²) in [5.41, 5.74) is 7.22. The molecule has 6 rings (SSSR count). The van der Waals surface area contributed by atoms with Crippen molar-refractivity contribution >= 4 is 27.4 Å². The fourth-order valence-corrected chi connectivity index (χ4v) is 7.51. The topological polar surface area (TPSA) is 81.7 Å². The van der Waals surface area contributed by atoms with Gasteiger partial charge < -0.3 is 33.2 Å². The van der Waals surface area contributed by atoms with Gasteiger partial charge in [-0.05, 0) is 76.2 Å². The minimum absolute atomic E-state index is 0.247. The maximum absolute atomic E-state index is 13.5. The Morgan fingerprint density at radius 2 is 0.940 bits per heavy atom. The number of hydrogen-bond donors (Lipinski definition) is 0. The third-order valence-electron chi connectivity index (χ3n) is 8.49. The molecular weight excluding hydrogens is 653 g/mol. The molecule has 0 N–H and O–H groups in total. The number of ether oxygens (including phenoxy) is 7. The highest BCUT2D eigenvalue weighted by molar-refractivity contribution is 7.21. The van der Waals surface area contributed by atoms with Gasteiger partial charge in [-0.15, -0.1) is 11.3 Å². The molecule has 9 heteroatoms. The number of benzene rings is 5. The van der Waals surface area contributed by atoms with Gasteiger partial charge >= 0.3 is 5.97 Å². The lowest BCUT2D eigenvalue weighted by molar-refractivity contribution is 0.0532. The summed E-state index contributed by atoms with van der Waals surface area (Å²) in [5.74, 6) is 2.58. The zero-order valence-corrected chi connectivity index (χ0v) is 29.9. The average molecular weight is 691 g/mol. The summed E-state index contributed by atoms with van der Waals surface area (Å²) in [4.78, 5) is 13.9. The second-order valence-corrected chi connectivity index (χ2v) is 12.2. The molecule has 0 aliphatic rings. The summed E-state index contributed by atoms with van der Waals surface area (Å²) in [5, 5.41) is 0.842. The first-order chi connectivity index (χ1) is 24.4. The molecule has 0 amide bonds. The predicted octanol–water partition coefficient (Wildman–Crippen LogP) is 9.80. The molecule has 1 heterocycles. The summed E-state index contributed by atoms with van der Waals surface area (Å²) in [7, 11) is 9.56. The van der Waals surface area contributed by atoms with E-state index in [-0.39, 0.29) is 6.61 Å². The molecule has 5 aromatic carbocycles. The predicted molar refractivity (Wildman–Crippen MR) is 199 cm³/mol. The Balaban J connectivity index is 1.91. The van der Waals surface area contributed by atoms with Crippen LogP contribution in [0.5, 0.6) is 34.5 Å². The normalized spacial score (nSPS) is 10.9. The highest BCUT2D eigenvalue weighted by atomic mass is 32.1. The Labute approximate surface area is 295 Å². The number of fused-ring (bicyclic) bond motifs is 1. The van der Waals surface area contributed by atoms with E-state index < -0.39 is 5.97 Å². The van der Waals surface area contributed by atoms with E-state index in [0.717, 1.165) is 54.6 Å². The SMILES string of the molecule is CCOC(=O)c1cc2c(-c3cc(OC)c(OC)c(OC)c3)c(-c3ccccc3)c(-c3ccccc3)c(-c3cc(OC)c(OC)c(OC)c3)c2s1. The standard InChI is InChI=1S/C41H38O8S/c1-8-49-41(42)33-23-28-34(26-19-29(43-2)38(47-6)30(20-26)44-3)35(24-15-11-9-12-16-24)36(25-17-13-10-14-18-25)37(40(28)50-33)27-21-31(45-4)39(48-7)32(22-27)46-5/h9-23H,8H2,1-7H3. The van der Waals surface area contributed by atoms with Gasteiger partial charge in [0.1, 0.15) is 4.88 Å². The minimum atomic E-state index is -0.400. The van der Waals surface area contributed by atoms with E-state index in [1.54, 1.807) is 49.6 Å². The Hall–Kier alpha value is -5.67. The first-order valence-electron chi connectivity index (χ1n) is 15.9. The van der Waals surface area contributed by atoms with Gasteiger partial charge in [-0.3, -0.25) is 0 Å². The van der Waals surface area contributed by atoms with Crippen LogP contribution in [0.25, 0.3) is 54.6 Å². The number of rotatable bonds is 12. The zero-order valence-electron chi connectivity index (χ0n) is 29.0. The second-order valence-electron chi connectivity index (χ2n) is 11.1. The monoisotopic (exact) mass is 690 g/mol. The van der Waals surface area contributed by atoms with E-state index >= 15 is 0 Å². The molecule has 0 saturated carbocycles. The third kappa shape index (κ3) is 6.05. The number of carbonyl (C=O) groups excluding carboxylic acids is 1. The average Bonchev–Trinajstić information content (AvgIpc) is 3.61. The van der Waals surface area contributed by atoms with E-state index in [0.29, 0.717) is 39.4 Å². The molecule has 0 atom stereocenters. The molecule has 1 aromatic heterocycles. The number of thiophene rings is 1. The summed E-state index contributed by atoms with van der Waals surface area (Å²) < 4.78 is 41.2. The summed E-state index contributed by atoms with van der Waals surface area (Å²) in [6.45, 7) is 2.05. The van der Waals surface area contributed by atoms with Gasteiger partial charge in [0.05, 0.1) is 49.3 Å². The van der Waals surface area contributed by atoms with Crippen LogP contribution in [0.4, 0.5) is 0 Å². The maximum atomic E-state index is 13.5. The van der Waals surface area contributed by atoms with Crippen molar-refractivity contribution in [2.45, 2.75) is 6.92 Å². The van der Waals surface area contributed by atoms with Crippen LogP contribution in [0, 0.1) is 0 Å². The van der Waals surface area contributed by atoms with Gasteiger partial charge in [0, 0.05) is 15.6 Å². The van der Waals surface area contributed by atoms with E-state index in [2.05, 4.69) is 24.3 Å². The van der Waals surface area contributed by atoms with Crippen LogP contribution in [0.1, 0.15) is 16.6 Å². The summed E-state index contributed by atoms with van der Waals surface area (Å²) in [6.07, 6.45) is 0. The zero-order chi connectivity index (χ0) is 35.4. The van der Waals surface area contributed by atoms with Gasteiger partial charge in [0.15, 0.2) is 23.0 Å². The fraction of sp³-hybridized carbons (Fsp3) is 0.195. The quantitative estimate of drug-likeness (QED) is 0.117. The van der Waals surface area contributed by atoms with Crippen LogP contribution in [0.3, 0.4) is 0 Å². The molecule has 256 valence electrons. The molecule has 0 radical (unpaired) electrons. The Morgan fingerprint density at radius 1 is 0.520 bits per heavy atom. The van der Waals surface area contributed by atoms with Crippen LogP contribution in [0.2, 0.25) is 0 Å². The van der Waals surface area contributed by atoms with Gasteiger partial charge in [-0.2, -0.15) is 0 Å². The van der Waals surface area contributed by atoms with Crippen molar-refractivity contribution < 1.29 is 38.0 Å². The number of carbonyl (C=O) groups is 1. The van der Waals surface area contributed by atoms with Crippen molar-refractivity contribution in [3.63, 3.8) is 0 Å². The van der Waals surface area contributed by atoms with Crippen LogP contribution in [-0.2, 0) is 4.74 Å². The van der Waals surface area contributed by atoms with Gasteiger partial charge in [-0.1, -0.05) is 60.7 Å². The van der Waals surface area contributed by atoms with Crippen molar-refractivity contribution in [3.8, 4) is 79.0 Å². The molecule has 0 bridgehead atoms. The third-order valence-corrected chi connectivity index (χ3v) is 9.62. The van der Waals surface area contributed by atoms with Crippen molar-refractivity contribution in [2.24, 2.45) is 0 Å². The molecule has 6 aromatic rings. The fourth-order valence-electron chi connectivity index (χ4n) is 6.38. The van der Waals surface area contributed by atoms with Gasteiger partial charge in [0.2, 0.25) is 11.5 Å². The maximum Gasteiger partial charge on any atom is 0.348 e. The van der Waals surface area contributed by atoms with E-state index in [1.165, 1.54) is 11.3 Å². The van der Waals surface area contributed by atoms with E-state index in [1.807, 2.05) is 66.7 Å². The lowest BCUT2D eigenvalue weighted by Gasteiger charge is -2.24. The summed E-state index contributed by atoms with van der Waals surface area (Å²) >= 11 is 1.38. The molecule has 8 nitrogen and oxygen atoms in total. The molecule has 50 heavy (non-hydrogen) atoms. The van der Waals surface area contributed by atoms with Crippen LogP contribution in [0.15, 0.2) is 91.0 Å². The van der Waals surface area contributed by atoms with Gasteiger partial charge in [-0.25, -0.2) is 4.79 Å². The van der Waals surface area contributed by atoms with Crippen molar-refractivity contribution in [1.29, 1.82) is 0 Å². The number of methoxy groups -OCH3 is 6. The van der Waals surface area contributed by atoms with Crippen LogP contribution >= 0.6 is 11.3 Å². The molecular formula is C41H38O8S. The van der Waals surface area contributed by atoms with E-state index in [9.17, 15) is 4.79 Å². The Bertz CT molecular complexity index is 1960. The van der Waals surface area contributed by atoms with Crippen molar-refractivity contribution in [3.05, 3.63) is 95.9 Å². The largest absolute Gasteiger partial charge is 0.493 e. The molecule has 0 saturated heterocycles. The Morgan fingerprint density at radius 3 is 1.34 bits per heavy atom. The highest BCUT2D eigenvalue weighted by Crippen LogP contribution is 2.56. The Kier molecular flexibility index (Phi) is 10.2. The second kappa shape index (κ2) is 14.8. The van der Waals surface area contributed by atoms with Crippen molar-refractivity contribution in [1.82, 2.24) is 0 Å². The molecule has 0 aliphatic carbocycles. The smallest absolute Gasteiger partial charge is 0.348 e. The molecule has 0 aliphatic heterocycles. The molecule has 0 unspecified atom stereocenters. The molecule has 0 fully saturated rings.